The number of ether oxygens (including phenoxy) is 2. The quantitative estimate of drug-likeness (QED) is 0.437. The molecule has 0 aromatic rings. The maximum atomic E-state index is 12.1. The standard InChI is InChI=1S/C13H19BrO5/c1-3-18-11(16)13(14,12(17)19-4-2)9-6-5-7-10(15)8-9/h9H,3-8H2,1-2H3. The summed E-state index contributed by atoms with van der Waals surface area (Å²) in [5.41, 5.74) is 0. The third kappa shape index (κ3) is 3.55. The van der Waals surface area contributed by atoms with Crippen molar-refractivity contribution in [2.24, 2.45) is 5.92 Å². The average molecular weight is 335 g/mol. The van der Waals surface area contributed by atoms with Crippen LogP contribution in [0.15, 0.2) is 0 Å². The van der Waals surface area contributed by atoms with Crippen LogP contribution >= 0.6 is 15.9 Å². The van der Waals surface area contributed by atoms with Crippen molar-refractivity contribution in [3.05, 3.63) is 0 Å². The molecule has 0 N–H and O–H groups in total. The molecule has 0 amide bonds. The maximum absolute atomic E-state index is 12.1. The van der Waals surface area contributed by atoms with Crippen molar-refractivity contribution < 1.29 is 23.9 Å². The summed E-state index contributed by atoms with van der Waals surface area (Å²) in [6.07, 6.45) is 2.00. The van der Waals surface area contributed by atoms with E-state index in [0.29, 0.717) is 19.3 Å². The maximum Gasteiger partial charge on any atom is 0.334 e. The zero-order chi connectivity index (χ0) is 14.5. The molecular formula is C13H19BrO5. The lowest BCUT2D eigenvalue weighted by Crippen LogP contribution is -2.50. The van der Waals surface area contributed by atoms with Gasteiger partial charge in [-0.1, -0.05) is 15.9 Å². The number of carbonyl (C=O) groups excluding carboxylic acids is 3. The SMILES string of the molecule is CCOC(=O)C(Br)(C(=O)OCC)C1CCCC(=O)C1. The lowest BCUT2D eigenvalue weighted by atomic mass is 9.79. The lowest BCUT2D eigenvalue weighted by Gasteiger charge is -2.33. The molecule has 0 radical (unpaired) electrons. The van der Waals surface area contributed by atoms with Crippen LogP contribution in [-0.4, -0.2) is 35.3 Å². The van der Waals surface area contributed by atoms with Gasteiger partial charge in [0.05, 0.1) is 13.2 Å². The summed E-state index contributed by atoms with van der Waals surface area (Å²) in [6.45, 7) is 3.68. The van der Waals surface area contributed by atoms with E-state index in [1.165, 1.54) is 0 Å². The first kappa shape index (κ1) is 16.1. The number of alkyl halides is 1. The Morgan fingerprint density at radius 3 is 2.21 bits per heavy atom. The summed E-state index contributed by atoms with van der Waals surface area (Å²) in [5, 5.41) is 0. The largest absolute Gasteiger partial charge is 0.464 e. The van der Waals surface area contributed by atoms with E-state index in [1.54, 1.807) is 13.8 Å². The smallest absolute Gasteiger partial charge is 0.334 e. The molecule has 0 heterocycles. The second-order valence-electron chi connectivity index (χ2n) is 4.48. The molecule has 0 aromatic heterocycles. The third-order valence-electron chi connectivity index (χ3n) is 3.19. The molecule has 19 heavy (non-hydrogen) atoms. The molecule has 0 aliphatic heterocycles. The van der Waals surface area contributed by atoms with Gasteiger partial charge in [0.15, 0.2) is 0 Å². The minimum absolute atomic E-state index is 0.0636. The van der Waals surface area contributed by atoms with Crippen LogP contribution in [-0.2, 0) is 23.9 Å². The molecule has 1 rings (SSSR count). The van der Waals surface area contributed by atoms with Gasteiger partial charge in [-0.15, -0.1) is 0 Å². The van der Waals surface area contributed by atoms with Gasteiger partial charge in [0.25, 0.3) is 0 Å². The summed E-state index contributed by atoms with van der Waals surface area (Å²) in [6, 6.07) is 0. The van der Waals surface area contributed by atoms with Gasteiger partial charge in [-0.3, -0.25) is 4.79 Å². The molecule has 1 atom stereocenters. The van der Waals surface area contributed by atoms with Crippen molar-refractivity contribution in [1.29, 1.82) is 0 Å². The predicted octanol–water partition coefficient (Wildman–Crippen LogP) is 2.01. The van der Waals surface area contributed by atoms with Gasteiger partial charge in [-0.2, -0.15) is 0 Å². The van der Waals surface area contributed by atoms with Crippen LogP contribution in [0.2, 0.25) is 0 Å². The summed E-state index contributed by atoms with van der Waals surface area (Å²) in [4.78, 5) is 35.8. The number of rotatable bonds is 5. The summed E-state index contributed by atoms with van der Waals surface area (Å²) in [5.74, 6) is -1.69. The molecule has 0 aromatic carbocycles. The molecule has 1 fully saturated rings. The fraction of sp³-hybridized carbons (Fsp3) is 0.769. The Morgan fingerprint density at radius 1 is 1.26 bits per heavy atom. The van der Waals surface area contributed by atoms with Crippen molar-refractivity contribution in [2.45, 2.75) is 43.9 Å². The first-order valence-electron chi connectivity index (χ1n) is 6.51. The van der Waals surface area contributed by atoms with Gasteiger partial charge in [0.1, 0.15) is 5.78 Å². The van der Waals surface area contributed by atoms with E-state index in [-0.39, 0.29) is 25.4 Å². The number of Topliss-reactive ketones (excluding diaryl/α,β-unsaturated/α-hetero) is 1. The van der Waals surface area contributed by atoms with Gasteiger partial charge in [0.2, 0.25) is 4.32 Å². The summed E-state index contributed by atoms with van der Waals surface area (Å²) < 4.78 is 8.37. The highest BCUT2D eigenvalue weighted by atomic mass is 79.9. The van der Waals surface area contributed by atoms with Crippen molar-refractivity contribution in [3.63, 3.8) is 0 Å². The van der Waals surface area contributed by atoms with Crippen LogP contribution in [0.25, 0.3) is 0 Å². The van der Waals surface area contributed by atoms with Crippen LogP contribution in [0.1, 0.15) is 39.5 Å². The molecular weight excluding hydrogens is 316 g/mol. The Bertz CT molecular complexity index is 348. The Hall–Kier alpha value is -0.910. The van der Waals surface area contributed by atoms with Crippen molar-refractivity contribution in [1.82, 2.24) is 0 Å². The molecule has 5 nitrogen and oxygen atoms in total. The summed E-state index contributed by atoms with van der Waals surface area (Å²) >= 11 is 3.21. The van der Waals surface area contributed by atoms with Crippen LogP contribution in [0, 0.1) is 5.92 Å². The number of halogens is 1. The Morgan fingerprint density at radius 2 is 1.79 bits per heavy atom. The highest BCUT2D eigenvalue weighted by Gasteiger charge is 2.53. The number of carbonyl (C=O) groups is 3. The zero-order valence-electron chi connectivity index (χ0n) is 11.2. The third-order valence-corrected chi connectivity index (χ3v) is 4.48. The highest BCUT2D eigenvalue weighted by Crippen LogP contribution is 2.39. The van der Waals surface area contributed by atoms with Crippen LogP contribution in [0.4, 0.5) is 0 Å². The van der Waals surface area contributed by atoms with Crippen LogP contribution in [0.5, 0.6) is 0 Å². The normalized spacial score (nSPS) is 19.9. The second-order valence-corrected chi connectivity index (χ2v) is 5.74. The van der Waals surface area contributed by atoms with Crippen molar-refractivity contribution in [3.8, 4) is 0 Å². The topological polar surface area (TPSA) is 69.7 Å². The molecule has 1 unspecified atom stereocenters. The number of hydrogen-bond acceptors (Lipinski definition) is 5. The predicted molar refractivity (Wildman–Crippen MR) is 71.9 cm³/mol. The van der Waals surface area contributed by atoms with Gasteiger partial charge in [-0.05, 0) is 26.7 Å². The molecule has 0 bridgehead atoms. The van der Waals surface area contributed by atoms with Gasteiger partial charge >= 0.3 is 11.9 Å². The zero-order valence-corrected chi connectivity index (χ0v) is 12.8. The fourth-order valence-electron chi connectivity index (χ4n) is 2.25. The first-order chi connectivity index (χ1) is 8.96. The minimum Gasteiger partial charge on any atom is -0.464 e. The van der Waals surface area contributed by atoms with Crippen molar-refractivity contribution >= 4 is 33.7 Å². The van der Waals surface area contributed by atoms with Crippen LogP contribution in [0.3, 0.4) is 0 Å². The summed E-state index contributed by atoms with van der Waals surface area (Å²) in [7, 11) is 0. The molecule has 108 valence electrons. The highest BCUT2D eigenvalue weighted by molar-refractivity contribution is 9.10. The van der Waals surface area contributed by atoms with Crippen LogP contribution < -0.4 is 0 Å². The van der Waals surface area contributed by atoms with Crippen molar-refractivity contribution in [2.75, 3.05) is 13.2 Å². The molecule has 0 saturated heterocycles. The fourth-order valence-corrected chi connectivity index (χ4v) is 2.87. The second kappa shape index (κ2) is 7.03. The first-order valence-corrected chi connectivity index (χ1v) is 7.31. The van der Waals surface area contributed by atoms with E-state index in [9.17, 15) is 14.4 Å². The average Bonchev–Trinajstić information content (AvgIpc) is 2.38. The molecule has 1 aliphatic rings. The van der Waals surface area contributed by atoms with E-state index in [1.807, 2.05) is 0 Å². The van der Waals surface area contributed by atoms with E-state index in [2.05, 4.69) is 15.9 Å². The van der Waals surface area contributed by atoms with E-state index in [0.717, 1.165) is 0 Å². The number of esters is 2. The molecule has 1 saturated carbocycles. The molecule has 1 aliphatic carbocycles. The monoisotopic (exact) mass is 334 g/mol. The van der Waals surface area contributed by atoms with E-state index in [4.69, 9.17) is 9.47 Å². The van der Waals surface area contributed by atoms with E-state index >= 15 is 0 Å². The Kier molecular flexibility index (Phi) is 5.97. The Balaban J connectivity index is 2.99. The number of hydrogen-bond donors (Lipinski definition) is 0. The lowest BCUT2D eigenvalue weighted by molar-refractivity contribution is -0.161. The molecule has 6 heteroatoms. The number of ketones is 1. The van der Waals surface area contributed by atoms with Gasteiger partial charge in [-0.25, -0.2) is 9.59 Å². The Labute approximate surface area is 121 Å². The van der Waals surface area contributed by atoms with E-state index < -0.39 is 22.2 Å². The van der Waals surface area contributed by atoms with Gasteiger partial charge < -0.3 is 9.47 Å². The minimum atomic E-state index is -1.56. The molecule has 0 spiro atoms. The van der Waals surface area contributed by atoms with Gasteiger partial charge in [0, 0.05) is 18.8 Å².